The topological polar surface area (TPSA) is 24.5 Å². The van der Waals surface area contributed by atoms with Crippen molar-refractivity contribution in [2.45, 2.75) is 25.4 Å². The van der Waals surface area contributed by atoms with E-state index in [1.807, 2.05) is 12.1 Å². The molecule has 0 fully saturated rings. The standard InChI is InChI=1S/C20H28N2O/c1-16(14-18-12-8-9-13-20(18)23-4)21-15-19(22(2)3)17-10-6-5-7-11-17/h5-13,16,19,21H,14-15H2,1-4H3. The SMILES string of the molecule is COc1ccccc1CC(C)NCC(c1ccccc1)N(C)C. The molecule has 3 heteroatoms. The van der Waals surface area contributed by atoms with Crippen LogP contribution in [-0.2, 0) is 6.42 Å². The van der Waals surface area contributed by atoms with Gasteiger partial charge in [0, 0.05) is 18.6 Å². The molecular formula is C20H28N2O. The lowest BCUT2D eigenvalue weighted by molar-refractivity contribution is 0.280. The maximum Gasteiger partial charge on any atom is 0.122 e. The largest absolute Gasteiger partial charge is 0.496 e. The fourth-order valence-electron chi connectivity index (χ4n) is 2.86. The molecule has 2 unspecified atom stereocenters. The Morgan fingerprint density at radius 2 is 1.65 bits per heavy atom. The van der Waals surface area contributed by atoms with Crippen molar-refractivity contribution in [2.24, 2.45) is 0 Å². The molecule has 124 valence electrons. The highest BCUT2D eigenvalue weighted by molar-refractivity contribution is 5.33. The van der Waals surface area contributed by atoms with Gasteiger partial charge >= 0.3 is 0 Å². The van der Waals surface area contributed by atoms with Gasteiger partial charge in [0.2, 0.25) is 0 Å². The van der Waals surface area contributed by atoms with Crippen LogP contribution in [0.5, 0.6) is 5.75 Å². The number of hydrogen-bond acceptors (Lipinski definition) is 3. The Labute approximate surface area is 140 Å². The van der Waals surface area contributed by atoms with E-state index >= 15 is 0 Å². The van der Waals surface area contributed by atoms with Gasteiger partial charge in [0.25, 0.3) is 0 Å². The van der Waals surface area contributed by atoms with Gasteiger partial charge in [-0.3, -0.25) is 0 Å². The molecule has 2 atom stereocenters. The molecule has 0 saturated heterocycles. The third kappa shape index (κ3) is 5.08. The molecular weight excluding hydrogens is 284 g/mol. The number of likely N-dealkylation sites (N-methyl/N-ethyl adjacent to an activating group) is 1. The van der Waals surface area contributed by atoms with Gasteiger partial charge < -0.3 is 15.0 Å². The Morgan fingerprint density at radius 1 is 1.00 bits per heavy atom. The first-order chi connectivity index (χ1) is 11.1. The van der Waals surface area contributed by atoms with E-state index < -0.39 is 0 Å². The summed E-state index contributed by atoms with van der Waals surface area (Å²) in [6, 6.07) is 19.6. The fourth-order valence-corrected chi connectivity index (χ4v) is 2.86. The van der Waals surface area contributed by atoms with Crippen molar-refractivity contribution in [3.8, 4) is 5.75 Å². The predicted molar refractivity (Wildman–Crippen MR) is 97.0 cm³/mol. The normalized spacial score (nSPS) is 13.8. The summed E-state index contributed by atoms with van der Waals surface area (Å²) in [6.07, 6.45) is 0.957. The van der Waals surface area contributed by atoms with Crippen LogP contribution in [0.15, 0.2) is 54.6 Å². The van der Waals surface area contributed by atoms with E-state index in [-0.39, 0.29) is 0 Å². The third-order valence-corrected chi connectivity index (χ3v) is 4.19. The number of benzene rings is 2. The molecule has 1 N–H and O–H groups in total. The minimum Gasteiger partial charge on any atom is -0.496 e. The minimum absolute atomic E-state index is 0.372. The van der Waals surface area contributed by atoms with Crippen molar-refractivity contribution in [1.82, 2.24) is 10.2 Å². The number of hydrogen-bond donors (Lipinski definition) is 1. The van der Waals surface area contributed by atoms with Crippen LogP contribution in [0.25, 0.3) is 0 Å². The van der Waals surface area contributed by atoms with Gasteiger partial charge in [0.15, 0.2) is 0 Å². The zero-order chi connectivity index (χ0) is 16.7. The van der Waals surface area contributed by atoms with Crippen LogP contribution in [0, 0.1) is 0 Å². The lowest BCUT2D eigenvalue weighted by atomic mass is 10.0. The summed E-state index contributed by atoms with van der Waals surface area (Å²) in [5.41, 5.74) is 2.59. The van der Waals surface area contributed by atoms with Crippen LogP contribution in [0.2, 0.25) is 0 Å². The van der Waals surface area contributed by atoms with Crippen molar-refractivity contribution >= 4 is 0 Å². The van der Waals surface area contributed by atoms with Crippen molar-refractivity contribution < 1.29 is 4.74 Å². The van der Waals surface area contributed by atoms with Gasteiger partial charge in [-0.1, -0.05) is 48.5 Å². The molecule has 0 heterocycles. The highest BCUT2D eigenvalue weighted by Crippen LogP contribution is 2.20. The second-order valence-corrected chi connectivity index (χ2v) is 6.22. The maximum atomic E-state index is 5.44. The van der Waals surface area contributed by atoms with Gasteiger partial charge in [-0.15, -0.1) is 0 Å². The molecule has 0 aromatic heterocycles. The number of ether oxygens (including phenoxy) is 1. The van der Waals surface area contributed by atoms with Crippen LogP contribution in [0.3, 0.4) is 0 Å². The minimum atomic E-state index is 0.372. The molecule has 0 aliphatic carbocycles. The van der Waals surface area contributed by atoms with Crippen LogP contribution < -0.4 is 10.1 Å². The molecule has 0 bridgehead atoms. The van der Waals surface area contributed by atoms with E-state index in [1.165, 1.54) is 11.1 Å². The quantitative estimate of drug-likeness (QED) is 0.807. The molecule has 2 aromatic rings. The molecule has 0 saturated carbocycles. The first kappa shape index (κ1) is 17.5. The van der Waals surface area contributed by atoms with Crippen LogP contribution in [-0.4, -0.2) is 38.7 Å². The first-order valence-corrected chi connectivity index (χ1v) is 8.18. The van der Waals surface area contributed by atoms with Gasteiger partial charge in [-0.2, -0.15) is 0 Å². The van der Waals surface area contributed by atoms with E-state index in [2.05, 4.69) is 73.7 Å². The van der Waals surface area contributed by atoms with E-state index in [4.69, 9.17) is 4.74 Å². The highest BCUT2D eigenvalue weighted by atomic mass is 16.5. The zero-order valence-electron chi connectivity index (χ0n) is 14.6. The molecule has 2 aromatic carbocycles. The smallest absolute Gasteiger partial charge is 0.122 e. The van der Waals surface area contributed by atoms with Crippen LogP contribution in [0.1, 0.15) is 24.1 Å². The van der Waals surface area contributed by atoms with Crippen molar-refractivity contribution in [3.05, 3.63) is 65.7 Å². The molecule has 0 aliphatic heterocycles. The summed E-state index contributed by atoms with van der Waals surface area (Å²) in [5.74, 6) is 0.966. The Balaban J connectivity index is 1.95. The van der Waals surface area contributed by atoms with E-state index in [1.54, 1.807) is 7.11 Å². The number of nitrogens with zero attached hydrogens (tertiary/aromatic N) is 1. The third-order valence-electron chi connectivity index (χ3n) is 4.19. The molecule has 0 amide bonds. The van der Waals surface area contributed by atoms with Gasteiger partial charge in [-0.25, -0.2) is 0 Å². The second kappa shape index (κ2) is 8.70. The highest BCUT2D eigenvalue weighted by Gasteiger charge is 2.15. The Bertz CT molecular complexity index is 583. The molecule has 23 heavy (non-hydrogen) atoms. The summed E-state index contributed by atoms with van der Waals surface area (Å²) in [4.78, 5) is 2.26. The monoisotopic (exact) mass is 312 g/mol. The summed E-state index contributed by atoms with van der Waals surface area (Å²) in [5, 5.41) is 3.67. The van der Waals surface area contributed by atoms with E-state index in [9.17, 15) is 0 Å². The molecule has 3 nitrogen and oxygen atoms in total. The number of para-hydroxylation sites is 1. The summed E-state index contributed by atoms with van der Waals surface area (Å²) >= 11 is 0. The molecule has 0 spiro atoms. The van der Waals surface area contributed by atoms with Crippen molar-refractivity contribution in [2.75, 3.05) is 27.7 Å². The maximum absolute atomic E-state index is 5.44. The Hall–Kier alpha value is -1.84. The molecule has 0 radical (unpaired) electrons. The van der Waals surface area contributed by atoms with Gasteiger partial charge in [-0.05, 0) is 44.6 Å². The average molecular weight is 312 g/mol. The van der Waals surface area contributed by atoms with Crippen molar-refractivity contribution in [3.63, 3.8) is 0 Å². The fraction of sp³-hybridized carbons (Fsp3) is 0.400. The number of rotatable bonds is 8. The summed E-state index contributed by atoms with van der Waals surface area (Å²) < 4.78 is 5.44. The number of nitrogens with one attached hydrogen (secondary N) is 1. The summed E-state index contributed by atoms with van der Waals surface area (Å²) in [6.45, 7) is 3.15. The van der Waals surface area contributed by atoms with Gasteiger partial charge in [0.1, 0.15) is 5.75 Å². The van der Waals surface area contributed by atoms with E-state index in [0.717, 1.165) is 18.7 Å². The van der Waals surface area contributed by atoms with Crippen molar-refractivity contribution in [1.29, 1.82) is 0 Å². The molecule has 2 rings (SSSR count). The summed E-state index contributed by atoms with van der Waals surface area (Å²) in [7, 11) is 5.99. The Morgan fingerprint density at radius 3 is 2.30 bits per heavy atom. The average Bonchev–Trinajstić information content (AvgIpc) is 2.56. The lowest BCUT2D eigenvalue weighted by Crippen LogP contribution is -2.36. The van der Waals surface area contributed by atoms with Crippen LogP contribution >= 0.6 is 0 Å². The van der Waals surface area contributed by atoms with Gasteiger partial charge in [0.05, 0.1) is 7.11 Å². The molecule has 0 aliphatic rings. The predicted octanol–water partition coefficient (Wildman–Crippen LogP) is 3.52. The van der Waals surface area contributed by atoms with Crippen LogP contribution in [0.4, 0.5) is 0 Å². The number of methoxy groups -OCH3 is 1. The lowest BCUT2D eigenvalue weighted by Gasteiger charge is -2.27. The first-order valence-electron chi connectivity index (χ1n) is 8.18. The zero-order valence-corrected chi connectivity index (χ0v) is 14.6. The van der Waals surface area contributed by atoms with E-state index in [0.29, 0.717) is 12.1 Å². The second-order valence-electron chi connectivity index (χ2n) is 6.22. The Kier molecular flexibility index (Phi) is 6.63.